The zero-order valence-corrected chi connectivity index (χ0v) is 31.3. The third kappa shape index (κ3) is 5.55. The molecule has 1 nitrogen and oxygen atoms in total. The van der Waals surface area contributed by atoms with E-state index < -0.39 is 0 Å². The standard InChI is InChI=1S/C56H37N/c1-3-17-44(18-4-1)57(45-19-5-2-6-20-45)46-35-33-40(34-36-46)39-27-30-41(31-28-39)53-51-25-13-14-26-52(51)54(43-32-29-38-15-7-8-16-42(38)37-43)56-50-24-12-10-22-48(50)47-21-9-11-23-49(47)55(53)56/h1-37H. The highest BCUT2D eigenvalue weighted by molar-refractivity contribution is 6.36. The molecular weight excluding hydrogens is 687 g/mol. The molecule has 11 aromatic carbocycles. The fourth-order valence-corrected chi connectivity index (χ4v) is 9.03. The number of rotatable bonds is 6. The quantitative estimate of drug-likeness (QED) is 0.122. The van der Waals surface area contributed by atoms with Crippen LogP contribution >= 0.6 is 0 Å². The van der Waals surface area contributed by atoms with Crippen molar-refractivity contribution < 1.29 is 0 Å². The number of anilines is 3. The van der Waals surface area contributed by atoms with Gasteiger partial charge >= 0.3 is 0 Å². The molecule has 266 valence electrons. The highest BCUT2D eigenvalue weighted by Crippen LogP contribution is 2.50. The average Bonchev–Trinajstić information content (AvgIpc) is 3.29. The van der Waals surface area contributed by atoms with Crippen molar-refractivity contribution in [2.24, 2.45) is 0 Å². The first-order valence-corrected chi connectivity index (χ1v) is 19.7. The van der Waals surface area contributed by atoms with E-state index in [-0.39, 0.29) is 0 Å². The van der Waals surface area contributed by atoms with Gasteiger partial charge in [-0.05, 0) is 130 Å². The highest BCUT2D eigenvalue weighted by atomic mass is 15.1. The van der Waals surface area contributed by atoms with Crippen molar-refractivity contribution in [3.8, 4) is 33.4 Å². The zero-order valence-electron chi connectivity index (χ0n) is 31.3. The summed E-state index contributed by atoms with van der Waals surface area (Å²) in [5.74, 6) is 0. The largest absolute Gasteiger partial charge is 0.311 e. The molecule has 57 heavy (non-hydrogen) atoms. The van der Waals surface area contributed by atoms with Crippen molar-refractivity contribution in [3.63, 3.8) is 0 Å². The topological polar surface area (TPSA) is 3.24 Å². The van der Waals surface area contributed by atoms with E-state index >= 15 is 0 Å². The Bertz CT molecular complexity index is 3220. The van der Waals surface area contributed by atoms with E-state index in [1.165, 1.54) is 87.2 Å². The molecule has 0 radical (unpaired) electrons. The Morgan fingerprint density at radius 1 is 0.228 bits per heavy atom. The van der Waals surface area contributed by atoms with Crippen LogP contribution in [0.4, 0.5) is 17.1 Å². The maximum atomic E-state index is 2.37. The van der Waals surface area contributed by atoms with Crippen LogP contribution in [-0.2, 0) is 0 Å². The number of fused-ring (bicyclic) bond motifs is 8. The summed E-state index contributed by atoms with van der Waals surface area (Å²) in [6, 6.07) is 81.9. The molecule has 0 saturated heterocycles. The molecule has 11 rings (SSSR count). The fourth-order valence-electron chi connectivity index (χ4n) is 9.03. The summed E-state index contributed by atoms with van der Waals surface area (Å²) < 4.78 is 0. The summed E-state index contributed by atoms with van der Waals surface area (Å²) in [4.78, 5) is 2.30. The second-order valence-electron chi connectivity index (χ2n) is 14.8. The lowest BCUT2D eigenvalue weighted by Gasteiger charge is -2.25. The Kier molecular flexibility index (Phi) is 7.89. The first kappa shape index (κ1) is 32.9. The molecule has 0 fully saturated rings. The van der Waals surface area contributed by atoms with Crippen molar-refractivity contribution >= 4 is 70.9 Å². The normalized spacial score (nSPS) is 11.5. The molecule has 0 aliphatic heterocycles. The Hall–Kier alpha value is -7.48. The Morgan fingerprint density at radius 3 is 1.14 bits per heavy atom. The maximum Gasteiger partial charge on any atom is 0.0462 e. The van der Waals surface area contributed by atoms with E-state index in [4.69, 9.17) is 0 Å². The Morgan fingerprint density at radius 2 is 0.596 bits per heavy atom. The highest BCUT2D eigenvalue weighted by Gasteiger charge is 2.22. The Labute approximate surface area is 332 Å². The molecule has 0 unspecified atom stereocenters. The minimum absolute atomic E-state index is 1.12. The number of hydrogen-bond acceptors (Lipinski definition) is 1. The van der Waals surface area contributed by atoms with E-state index in [1.807, 2.05) is 0 Å². The summed E-state index contributed by atoms with van der Waals surface area (Å²) in [7, 11) is 0. The molecule has 0 aromatic heterocycles. The van der Waals surface area contributed by atoms with Gasteiger partial charge in [-0.1, -0.05) is 182 Å². The second kappa shape index (κ2) is 13.7. The number of para-hydroxylation sites is 2. The van der Waals surface area contributed by atoms with Gasteiger partial charge in [-0.25, -0.2) is 0 Å². The molecule has 0 N–H and O–H groups in total. The molecule has 0 atom stereocenters. The van der Waals surface area contributed by atoms with Crippen molar-refractivity contribution in [2.45, 2.75) is 0 Å². The fraction of sp³-hybridized carbons (Fsp3) is 0. The van der Waals surface area contributed by atoms with Gasteiger partial charge in [-0.2, -0.15) is 0 Å². The number of nitrogens with zero attached hydrogens (tertiary/aromatic N) is 1. The molecule has 0 heterocycles. The minimum atomic E-state index is 1.12. The van der Waals surface area contributed by atoms with Crippen LogP contribution < -0.4 is 4.90 Å². The lowest BCUT2D eigenvalue weighted by Crippen LogP contribution is -2.09. The predicted octanol–water partition coefficient (Wildman–Crippen LogP) is 15.9. The van der Waals surface area contributed by atoms with E-state index in [0.29, 0.717) is 0 Å². The first-order chi connectivity index (χ1) is 28.3. The maximum absolute atomic E-state index is 2.37. The zero-order chi connectivity index (χ0) is 37.7. The van der Waals surface area contributed by atoms with Crippen LogP contribution in [0.5, 0.6) is 0 Å². The lowest BCUT2D eigenvalue weighted by atomic mass is 9.81. The third-order valence-corrected chi connectivity index (χ3v) is 11.6. The van der Waals surface area contributed by atoms with Crippen LogP contribution in [0.2, 0.25) is 0 Å². The van der Waals surface area contributed by atoms with Crippen molar-refractivity contribution in [3.05, 3.63) is 224 Å². The van der Waals surface area contributed by atoms with Gasteiger partial charge in [0.2, 0.25) is 0 Å². The van der Waals surface area contributed by atoms with Crippen molar-refractivity contribution in [1.29, 1.82) is 0 Å². The van der Waals surface area contributed by atoms with Crippen molar-refractivity contribution in [2.75, 3.05) is 4.90 Å². The van der Waals surface area contributed by atoms with E-state index in [0.717, 1.165) is 17.1 Å². The SMILES string of the molecule is c1ccc(N(c2ccccc2)c2ccc(-c3ccc(-c4c5ccccc5c(-c5ccc6ccccc6c5)c5c6ccccc6c6ccccc6c45)cc3)cc2)cc1. The van der Waals surface area contributed by atoms with Gasteiger partial charge in [0.25, 0.3) is 0 Å². The minimum Gasteiger partial charge on any atom is -0.311 e. The average molecular weight is 724 g/mol. The molecule has 1 heteroatoms. The van der Waals surface area contributed by atoms with E-state index in [9.17, 15) is 0 Å². The second-order valence-corrected chi connectivity index (χ2v) is 14.8. The van der Waals surface area contributed by atoms with Crippen LogP contribution in [0.1, 0.15) is 0 Å². The van der Waals surface area contributed by atoms with Gasteiger partial charge in [-0.15, -0.1) is 0 Å². The van der Waals surface area contributed by atoms with Gasteiger partial charge in [0.15, 0.2) is 0 Å². The van der Waals surface area contributed by atoms with Crippen LogP contribution in [0, 0.1) is 0 Å². The number of hydrogen-bond donors (Lipinski definition) is 0. The number of benzene rings is 11. The predicted molar refractivity (Wildman–Crippen MR) is 245 cm³/mol. The third-order valence-electron chi connectivity index (χ3n) is 11.6. The summed E-state index contributed by atoms with van der Waals surface area (Å²) >= 11 is 0. The monoisotopic (exact) mass is 723 g/mol. The summed E-state index contributed by atoms with van der Waals surface area (Å²) in [5.41, 5.74) is 10.8. The van der Waals surface area contributed by atoms with E-state index in [2.05, 4.69) is 229 Å². The van der Waals surface area contributed by atoms with Crippen LogP contribution in [-0.4, -0.2) is 0 Å². The van der Waals surface area contributed by atoms with Gasteiger partial charge < -0.3 is 4.90 Å². The molecular formula is C56H37N. The lowest BCUT2D eigenvalue weighted by molar-refractivity contribution is 1.28. The van der Waals surface area contributed by atoms with Crippen molar-refractivity contribution in [1.82, 2.24) is 0 Å². The smallest absolute Gasteiger partial charge is 0.0462 e. The molecule has 0 aliphatic carbocycles. The van der Waals surface area contributed by atoms with Crippen LogP contribution in [0.3, 0.4) is 0 Å². The summed E-state index contributed by atoms with van der Waals surface area (Å²) in [6.45, 7) is 0. The summed E-state index contributed by atoms with van der Waals surface area (Å²) in [6.07, 6.45) is 0. The molecule has 0 saturated carbocycles. The van der Waals surface area contributed by atoms with Gasteiger partial charge in [0, 0.05) is 17.1 Å². The van der Waals surface area contributed by atoms with Crippen LogP contribution in [0.25, 0.3) is 87.2 Å². The molecule has 11 aromatic rings. The first-order valence-electron chi connectivity index (χ1n) is 19.7. The molecule has 0 aliphatic rings. The van der Waals surface area contributed by atoms with Crippen LogP contribution in [0.15, 0.2) is 224 Å². The van der Waals surface area contributed by atoms with Gasteiger partial charge in [0.1, 0.15) is 0 Å². The Balaban J connectivity index is 1.11. The molecule has 0 bridgehead atoms. The molecule has 0 amide bonds. The summed E-state index contributed by atoms with van der Waals surface area (Å²) in [5, 5.41) is 12.7. The van der Waals surface area contributed by atoms with Gasteiger partial charge in [-0.3, -0.25) is 0 Å². The van der Waals surface area contributed by atoms with Gasteiger partial charge in [0.05, 0.1) is 0 Å². The van der Waals surface area contributed by atoms with E-state index in [1.54, 1.807) is 0 Å². The molecule has 0 spiro atoms.